The van der Waals surface area contributed by atoms with Crippen molar-refractivity contribution in [3.05, 3.63) is 168 Å². The summed E-state index contributed by atoms with van der Waals surface area (Å²) in [6.45, 7) is 10.7. The summed E-state index contributed by atoms with van der Waals surface area (Å²) < 4.78 is 11.7. The SMILES string of the molecule is CCCCN(CCCC)c1ccc(/C=C/c2cc(OC)c(/C=C/c3ccc(N4CCN(c5ccc([S+](c6ccccc6)c6ccccc6)cc5)CC4)cc3)cc2OC)cc1. The van der Waals surface area contributed by atoms with Gasteiger partial charge in [-0.15, -0.1) is 0 Å². The topological polar surface area (TPSA) is 28.2 Å². The molecule has 0 aromatic heterocycles. The molecule has 0 unspecified atom stereocenters. The first-order chi connectivity index (χ1) is 29.6. The molecule has 1 aliphatic rings. The fraction of sp³-hybridized carbons (Fsp3) is 0.259. The Kier molecular flexibility index (Phi) is 15.1. The largest absolute Gasteiger partial charge is 0.496 e. The Labute approximate surface area is 361 Å². The van der Waals surface area contributed by atoms with Gasteiger partial charge < -0.3 is 24.2 Å². The predicted molar refractivity (Wildman–Crippen MR) is 258 cm³/mol. The standard InChI is InChI=1S/C54H60N3O2S/c1-5-7-35-55(36-8-6-2)47-27-21-43(22-28-47)19-25-45-41-54(59-4)46(42-53(45)58-3)26-20-44-23-29-48(30-24-44)56-37-39-57(40-38-56)49-31-33-52(34-32-49)60(50-15-11-9-12-16-50)51-17-13-10-14-18-51/h9-34,41-42H,5-8,35-40H2,1-4H3/q+1/b25-19+,26-20+. The molecule has 0 saturated carbocycles. The number of anilines is 3. The van der Waals surface area contributed by atoms with Crippen molar-refractivity contribution >= 4 is 52.3 Å². The first-order valence-corrected chi connectivity index (χ1v) is 22.8. The number of hydrogen-bond donors (Lipinski definition) is 0. The third kappa shape index (κ3) is 10.8. The smallest absolute Gasteiger partial charge is 0.166 e. The quantitative estimate of drug-likeness (QED) is 0.0637. The molecule has 1 fully saturated rings. The summed E-state index contributed by atoms with van der Waals surface area (Å²) >= 11 is 0. The number of benzene rings is 6. The van der Waals surface area contributed by atoms with Crippen LogP contribution in [0.1, 0.15) is 61.8 Å². The highest BCUT2D eigenvalue weighted by Gasteiger charge is 2.28. The lowest BCUT2D eigenvalue weighted by atomic mass is 10.0. The predicted octanol–water partition coefficient (Wildman–Crippen LogP) is 12.9. The highest BCUT2D eigenvalue weighted by molar-refractivity contribution is 7.97. The number of hydrogen-bond acceptors (Lipinski definition) is 5. The average molecular weight is 815 g/mol. The second kappa shape index (κ2) is 21.4. The molecule has 5 nitrogen and oxygen atoms in total. The van der Waals surface area contributed by atoms with Crippen molar-refractivity contribution < 1.29 is 9.47 Å². The number of ether oxygens (including phenoxy) is 2. The molecule has 0 spiro atoms. The lowest BCUT2D eigenvalue weighted by Gasteiger charge is -2.37. The van der Waals surface area contributed by atoms with Crippen LogP contribution >= 0.6 is 0 Å². The molecule has 6 heteroatoms. The van der Waals surface area contributed by atoms with E-state index in [0.29, 0.717) is 0 Å². The van der Waals surface area contributed by atoms with Crippen molar-refractivity contribution in [2.24, 2.45) is 0 Å². The van der Waals surface area contributed by atoms with E-state index in [9.17, 15) is 0 Å². The second-order valence-corrected chi connectivity index (χ2v) is 17.3. The van der Waals surface area contributed by atoms with Crippen LogP contribution in [0.25, 0.3) is 24.3 Å². The van der Waals surface area contributed by atoms with E-state index in [1.807, 2.05) is 0 Å². The number of rotatable bonds is 18. The van der Waals surface area contributed by atoms with Crippen LogP contribution in [0.3, 0.4) is 0 Å². The molecule has 0 atom stereocenters. The third-order valence-electron chi connectivity index (χ3n) is 11.2. The minimum absolute atomic E-state index is 0.135. The lowest BCUT2D eigenvalue weighted by Crippen LogP contribution is -2.46. The number of nitrogens with zero attached hydrogens (tertiary/aromatic N) is 3. The molecule has 60 heavy (non-hydrogen) atoms. The van der Waals surface area contributed by atoms with E-state index in [2.05, 4.69) is 198 Å². The minimum Gasteiger partial charge on any atom is -0.496 e. The summed E-state index contributed by atoms with van der Waals surface area (Å²) in [7, 11) is 3.32. The Morgan fingerprint density at radius 1 is 0.500 bits per heavy atom. The highest BCUT2D eigenvalue weighted by atomic mass is 32.2. The van der Waals surface area contributed by atoms with Gasteiger partial charge in [0, 0.05) is 67.5 Å². The number of methoxy groups -OCH3 is 2. The third-order valence-corrected chi connectivity index (χ3v) is 13.5. The van der Waals surface area contributed by atoms with Crippen LogP contribution in [0.5, 0.6) is 11.5 Å². The Balaban J connectivity index is 0.957. The number of unbranched alkanes of at least 4 members (excludes halogenated alkanes) is 2. The molecule has 0 N–H and O–H groups in total. The summed E-state index contributed by atoms with van der Waals surface area (Å²) in [6.07, 6.45) is 13.4. The summed E-state index contributed by atoms with van der Waals surface area (Å²) in [5.74, 6) is 1.62. The Bertz CT molecular complexity index is 2220. The van der Waals surface area contributed by atoms with E-state index in [4.69, 9.17) is 9.47 Å². The second-order valence-electron chi connectivity index (χ2n) is 15.3. The van der Waals surface area contributed by atoms with Gasteiger partial charge in [0.05, 0.1) is 25.1 Å². The van der Waals surface area contributed by atoms with Crippen LogP contribution in [0.4, 0.5) is 17.1 Å². The molecule has 0 aliphatic carbocycles. The monoisotopic (exact) mass is 814 g/mol. The molecule has 308 valence electrons. The first-order valence-electron chi connectivity index (χ1n) is 21.6. The Hall–Kier alpha value is -5.85. The van der Waals surface area contributed by atoms with Gasteiger partial charge in [-0.2, -0.15) is 0 Å². The summed E-state index contributed by atoms with van der Waals surface area (Å²) in [5.41, 5.74) is 8.08. The van der Waals surface area contributed by atoms with E-state index in [1.54, 1.807) is 14.2 Å². The van der Waals surface area contributed by atoms with Crippen molar-refractivity contribution in [3.8, 4) is 11.5 Å². The van der Waals surface area contributed by atoms with Gasteiger partial charge in [-0.25, -0.2) is 0 Å². The van der Waals surface area contributed by atoms with E-state index >= 15 is 0 Å². The van der Waals surface area contributed by atoms with E-state index in [-0.39, 0.29) is 10.9 Å². The first kappa shape index (κ1) is 42.3. The van der Waals surface area contributed by atoms with E-state index in [1.165, 1.54) is 57.4 Å². The highest BCUT2D eigenvalue weighted by Crippen LogP contribution is 2.34. The number of piperazine rings is 1. The summed E-state index contributed by atoms with van der Waals surface area (Å²) in [4.78, 5) is 11.5. The maximum absolute atomic E-state index is 5.87. The van der Waals surface area contributed by atoms with Crippen LogP contribution < -0.4 is 24.2 Å². The molecular formula is C54H60N3O2S+. The van der Waals surface area contributed by atoms with Crippen molar-refractivity contribution in [1.82, 2.24) is 0 Å². The van der Waals surface area contributed by atoms with Crippen LogP contribution in [-0.4, -0.2) is 53.5 Å². The van der Waals surface area contributed by atoms with Crippen molar-refractivity contribution in [3.63, 3.8) is 0 Å². The molecule has 6 aromatic carbocycles. The van der Waals surface area contributed by atoms with Gasteiger partial charge in [-0.3, -0.25) is 0 Å². The van der Waals surface area contributed by atoms with E-state index in [0.717, 1.165) is 73.0 Å². The van der Waals surface area contributed by atoms with Crippen molar-refractivity contribution in [1.29, 1.82) is 0 Å². The zero-order valence-electron chi connectivity index (χ0n) is 35.8. The summed E-state index contributed by atoms with van der Waals surface area (Å²) in [6, 6.07) is 52.9. The van der Waals surface area contributed by atoms with Crippen LogP contribution in [0, 0.1) is 0 Å². The molecule has 1 heterocycles. The van der Waals surface area contributed by atoms with E-state index < -0.39 is 0 Å². The molecule has 6 aromatic rings. The van der Waals surface area contributed by atoms with Crippen LogP contribution in [0.15, 0.2) is 160 Å². The van der Waals surface area contributed by atoms with Gasteiger partial charge in [0.1, 0.15) is 11.5 Å². The average Bonchev–Trinajstić information content (AvgIpc) is 3.31. The van der Waals surface area contributed by atoms with Crippen LogP contribution in [-0.2, 0) is 10.9 Å². The zero-order valence-corrected chi connectivity index (χ0v) is 36.6. The normalized spacial score (nSPS) is 13.1. The molecule has 1 saturated heterocycles. The molecule has 7 rings (SSSR count). The van der Waals surface area contributed by atoms with Gasteiger partial charge in [0.15, 0.2) is 14.7 Å². The lowest BCUT2D eigenvalue weighted by molar-refractivity contribution is 0.401. The van der Waals surface area contributed by atoms with Gasteiger partial charge in [0.2, 0.25) is 0 Å². The fourth-order valence-electron chi connectivity index (χ4n) is 7.78. The van der Waals surface area contributed by atoms with Gasteiger partial charge in [-0.1, -0.05) is 112 Å². The minimum atomic E-state index is -0.135. The van der Waals surface area contributed by atoms with Crippen LogP contribution in [0.2, 0.25) is 0 Å². The van der Waals surface area contributed by atoms with Gasteiger partial charge in [0.25, 0.3) is 0 Å². The van der Waals surface area contributed by atoms with Gasteiger partial charge in [-0.05, 0) is 109 Å². The zero-order chi connectivity index (χ0) is 41.5. The molecule has 0 radical (unpaired) electrons. The maximum atomic E-state index is 5.87. The maximum Gasteiger partial charge on any atom is 0.166 e. The molecular weight excluding hydrogens is 755 g/mol. The Morgan fingerprint density at radius 2 is 0.900 bits per heavy atom. The van der Waals surface area contributed by atoms with Crippen molar-refractivity contribution in [2.45, 2.75) is 54.2 Å². The summed E-state index contributed by atoms with van der Waals surface area (Å²) in [5, 5.41) is 0. The van der Waals surface area contributed by atoms with Gasteiger partial charge >= 0.3 is 0 Å². The fourth-order valence-corrected chi connectivity index (χ4v) is 9.86. The van der Waals surface area contributed by atoms with Crippen molar-refractivity contribution in [2.75, 3.05) is 68.2 Å². The molecule has 0 bridgehead atoms. The Morgan fingerprint density at radius 3 is 1.32 bits per heavy atom. The molecule has 1 aliphatic heterocycles. The molecule has 0 amide bonds.